The van der Waals surface area contributed by atoms with E-state index in [2.05, 4.69) is 40.2 Å². The molecule has 0 unspecified atom stereocenters. The predicted molar refractivity (Wildman–Crippen MR) is 121 cm³/mol. The van der Waals surface area contributed by atoms with Crippen LogP contribution < -0.4 is 5.43 Å². The van der Waals surface area contributed by atoms with E-state index in [1.54, 1.807) is 6.21 Å². The number of hydrazone groups is 1. The minimum Gasteiger partial charge on any atom is -0.342 e. The summed E-state index contributed by atoms with van der Waals surface area (Å²) in [7, 11) is 0. The Kier molecular flexibility index (Phi) is 4.86. The molecule has 0 spiro atoms. The Hall–Kier alpha value is -3.39. The molecule has 0 saturated heterocycles. The maximum Gasteiger partial charge on any atom is 0.244 e. The number of hydrogen-bond acceptors (Lipinski definition) is 3. The summed E-state index contributed by atoms with van der Waals surface area (Å²) >= 11 is 0. The Morgan fingerprint density at radius 3 is 2.87 bits per heavy atom. The third-order valence-corrected chi connectivity index (χ3v) is 7.29. The molecule has 2 fully saturated rings. The van der Waals surface area contributed by atoms with Gasteiger partial charge in [0.15, 0.2) is 0 Å². The fourth-order valence-corrected chi connectivity index (χ4v) is 5.55. The first kappa shape index (κ1) is 19.6. The van der Waals surface area contributed by atoms with Gasteiger partial charge in [-0.1, -0.05) is 56.2 Å². The summed E-state index contributed by atoms with van der Waals surface area (Å²) in [6, 6.07) is 18.1. The number of rotatable bonds is 5. The van der Waals surface area contributed by atoms with Crippen LogP contribution in [0, 0.1) is 28.6 Å². The zero-order valence-electron chi connectivity index (χ0n) is 17.7. The standard InChI is InChI=1S/C26H26N4O/c1-26-13-7-6-11-22(26)24(26)25(31)29-28-15-20-17-30(23-12-5-4-10-21(20)23)16-19-9-3-2-8-18(19)14-27/h2-5,8-10,12,15,17,22,24H,6-7,11,13,16H2,1H3,(H,29,31)/b28-15-/t22-,24+,26+/m1/s1. The highest BCUT2D eigenvalue weighted by Gasteiger charge is 2.64. The number of nitrogens with one attached hydrogen (secondary N) is 1. The summed E-state index contributed by atoms with van der Waals surface area (Å²) in [5.41, 5.74) is 6.66. The van der Waals surface area contributed by atoms with Gasteiger partial charge in [0.05, 0.1) is 17.8 Å². The van der Waals surface area contributed by atoms with Crippen molar-refractivity contribution in [3.63, 3.8) is 0 Å². The fourth-order valence-electron chi connectivity index (χ4n) is 5.55. The first-order chi connectivity index (χ1) is 15.1. The highest BCUT2D eigenvalue weighted by molar-refractivity contribution is 5.99. The number of aromatic nitrogens is 1. The van der Waals surface area contributed by atoms with Crippen LogP contribution in [0.3, 0.4) is 0 Å². The Balaban J connectivity index is 1.36. The molecular weight excluding hydrogens is 384 g/mol. The topological polar surface area (TPSA) is 70.2 Å². The average Bonchev–Trinajstić information content (AvgIpc) is 3.29. The van der Waals surface area contributed by atoms with Crippen LogP contribution in [0.15, 0.2) is 59.8 Å². The Bertz CT molecular complexity index is 1220. The van der Waals surface area contributed by atoms with E-state index < -0.39 is 0 Å². The van der Waals surface area contributed by atoms with E-state index in [0.29, 0.717) is 18.0 Å². The van der Waals surface area contributed by atoms with Crippen molar-refractivity contribution < 1.29 is 4.79 Å². The van der Waals surface area contributed by atoms with Crippen LogP contribution in [-0.2, 0) is 11.3 Å². The Morgan fingerprint density at radius 2 is 2.06 bits per heavy atom. The van der Waals surface area contributed by atoms with Crippen molar-refractivity contribution in [1.29, 1.82) is 5.26 Å². The van der Waals surface area contributed by atoms with Crippen LogP contribution in [-0.4, -0.2) is 16.7 Å². The molecule has 0 radical (unpaired) electrons. The molecule has 2 aliphatic carbocycles. The fraction of sp³-hybridized carbons (Fsp3) is 0.346. The van der Waals surface area contributed by atoms with E-state index in [9.17, 15) is 10.1 Å². The van der Waals surface area contributed by atoms with Crippen LogP contribution >= 0.6 is 0 Å². The molecule has 3 aromatic rings. The van der Waals surface area contributed by atoms with E-state index in [0.717, 1.165) is 34.9 Å². The zero-order chi connectivity index (χ0) is 21.4. The maximum atomic E-state index is 12.7. The molecule has 5 heteroatoms. The van der Waals surface area contributed by atoms with Gasteiger partial charge >= 0.3 is 0 Å². The predicted octanol–water partition coefficient (Wildman–Crippen LogP) is 4.84. The number of hydrogen-bond donors (Lipinski definition) is 1. The molecular formula is C26H26N4O. The van der Waals surface area contributed by atoms with Crippen LogP contribution in [0.4, 0.5) is 0 Å². The van der Waals surface area contributed by atoms with Crippen LogP contribution in [0.2, 0.25) is 0 Å². The van der Waals surface area contributed by atoms with Gasteiger partial charge < -0.3 is 4.57 Å². The van der Waals surface area contributed by atoms with Crippen LogP contribution in [0.25, 0.3) is 10.9 Å². The molecule has 2 aliphatic rings. The number of fused-ring (bicyclic) bond motifs is 2. The summed E-state index contributed by atoms with van der Waals surface area (Å²) in [5.74, 6) is 0.687. The highest BCUT2D eigenvalue weighted by Crippen LogP contribution is 2.66. The molecule has 5 nitrogen and oxygen atoms in total. The van der Waals surface area contributed by atoms with Crippen molar-refractivity contribution in [3.8, 4) is 6.07 Å². The summed E-state index contributed by atoms with van der Waals surface area (Å²) in [6.45, 7) is 2.85. The van der Waals surface area contributed by atoms with Crippen LogP contribution in [0.5, 0.6) is 0 Å². The number of nitriles is 1. The molecule has 2 aromatic carbocycles. The smallest absolute Gasteiger partial charge is 0.244 e. The molecule has 1 amide bonds. The number of benzene rings is 2. The normalized spacial score (nSPS) is 24.6. The lowest BCUT2D eigenvalue weighted by Crippen LogP contribution is -2.22. The van der Waals surface area contributed by atoms with Gasteiger partial charge in [-0.25, -0.2) is 5.43 Å². The number of carbonyl (C=O) groups is 1. The molecule has 3 atom stereocenters. The molecule has 31 heavy (non-hydrogen) atoms. The van der Waals surface area contributed by atoms with Crippen molar-refractivity contribution in [2.24, 2.45) is 22.4 Å². The number of carbonyl (C=O) groups excluding carboxylic acids is 1. The molecule has 0 bridgehead atoms. The molecule has 1 heterocycles. The largest absolute Gasteiger partial charge is 0.342 e. The van der Waals surface area contributed by atoms with Gasteiger partial charge in [0, 0.05) is 35.1 Å². The third-order valence-electron chi connectivity index (χ3n) is 7.29. The van der Waals surface area contributed by atoms with Crippen molar-refractivity contribution in [2.45, 2.75) is 39.2 Å². The monoisotopic (exact) mass is 410 g/mol. The number of amides is 1. The SMILES string of the molecule is C[C@]12CCCC[C@@H]1[C@H]2C(=O)N/N=C\c1cn(Cc2ccccc2C#N)c2ccccc12. The average molecular weight is 411 g/mol. The van der Waals surface area contributed by atoms with Gasteiger partial charge in [-0.15, -0.1) is 0 Å². The van der Waals surface area contributed by atoms with Crippen molar-refractivity contribution in [1.82, 2.24) is 9.99 Å². The number of nitrogens with zero attached hydrogens (tertiary/aromatic N) is 3. The van der Waals surface area contributed by atoms with Crippen LogP contribution in [0.1, 0.15) is 49.3 Å². The highest BCUT2D eigenvalue weighted by atomic mass is 16.2. The minimum atomic E-state index is 0.0531. The van der Waals surface area contributed by atoms with Gasteiger partial charge in [-0.2, -0.15) is 10.4 Å². The van der Waals surface area contributed by atoms with Crippen molar-refractivity contribution in [3.05, 3.63) is 71.4 Å². The minimum absolute atomic E-state index is 0.0531. The molecule has 5 rings (SSSR count). The third kappa shape index (κ3) is 3.42. The van der Waals surface area contributed by atoms with E-state index in [1.165, 1.54) is 12.8 Å². The first-order valence-electron chi connectivity index (χ1n) is 11.0. The second kappa shape index (κ2) is 7.70. The summed E-state index contributed by atoms with van der Waals surface area (Å²) in [4.78, 5) is 12.7. The van der Waals surface area contributed by atoms with Gasteiger partial charge in [0.2, 0.25) is 5.91 Å². The van der Waals surface area contributed by atoms with Crippen molar-refractivity contribution >= 4 is 23.0 Å². The van der Waals surface area contributed by atoms with Gasteiger partial charge in [-0.05, 0) is 41.9 Å². The Morgan fingerprint density at radius 1 is 1.26 bits per heavy atom. The summed E-state index contributed by atoms with van der Waals surface area (Å²) < 4.78 is 2.13. The molecule has 1 N–H and O–H groups in total. The van der Waals surface area contributed by atoms with E-state index >= 15 is 0 Å². The van der Waals surface area contributed by atoms with Crippen molar-refractivity contribution in [2.75, 3.05) is 0 Å². The first-order valence-corrected chi connectivity index (χ1v) is 11.0. The number of para-hydroxylation sites is 1. The Labute approximate surface area is 182 Å². The molecule has 156 valence electrons. The quantitative estimate of drug-likeness (QED) is 0.483. The zero-order valence-corrected chi connectivity index (χ0v) is 17.7. The summed E-state index contributed by atoms with van der Waals surface area (Å²) in [6.07, 6.45) is 8.55. The second-order valence-corrected chi connectivity index (χ2v) is 9.07. The maximum absolute atomic E-state index is 12.7. The lowest BCUT2D eigenvalue weighted by Gasteiger charge is -2.15. The summed E-state index contributed by atoms with van der Waals surface area (Å²) in [5, 5.41) is 14.8. The van der Waals surface area contributed by atoms with E-state index in [-0.39, 0.29) is 17.2 Å². The molecule has 0 aliphatic heterocycles. The second-order valence-electron chi connectivity index (χ2n) is 9.07. The van der Waals surface area contributed by atoms with Gasteiger partial charge in [0.25, 0.3) is 0 Å². The lowest BCUT2D eigenvalue weighted by molar-refractivity contribution is -0.123. The van der Waals surface area contributed by atoms with E-state index in [4.69, 9.17) is 0 Å². The van der Waals surface area contributed by atoms with Gasteiger partial charge in [0.1, 0.15) is 0 Å². The molecule has 2 saturated carbocycles. The molecule has 1 aromatic heterocycles. The van der Waals surface area contributed by atoms with Gasteiger partial charge in [-0.3, -0.25) is 4.79 Å². The van der Waals surface area contributed by atoms with E-state index in [1.807, 2.05) is 42.6 Å². The lowest BCUT2D eigenvalue weighted by atomic mass is 9.90.